The first kappa shape index (κ1) is 12.5. The van der Waals surface area contributed by atoms with E-state index in [-0.39, 0.29) is 0 Å². The maximum Gasteiger partial charge on any atom is 0.243 e. The van der Waals surface area contributed by atoms with Gasteiger partial charge < -0.3 is 30.5 Å². The first-order chi connectivity index (χ1) is 7.83. The van der Waals surface area contributed by atoms with Crippen molar-refractivity contribution in [1.29, 1.82) is 0 Å². The van der Waals surface area contributed by atoms with Crippen LogP contribution in [0.2, 0.25) is 0 Å². The van der Waals surface area contributed by atoms with E-state index in [1.165, 1.54) is 22.6 Å². The number of rotatable bonds is 2. The number of amides is 1. The number of halogens is 1. The summed E-state index contributed by atoms with van der Waals surface area (Å²) in [5.41, 5.74) is 0. The van der Waals surface area contributed by atoms with Crippen LogP contribution in [0.4, 0.5) is 0 Å². The van der Waals surface area contributed by atoms with Crippen LogP contribution in [0.25, 0.3) is 0 Å². The van der Waals surface area contributed by atoms with Crippen molar-refractivity contribution in [3.8, 4) is 0 Å². The lowest BCUT2D eigenvalue weighted by Crippen LogP contribution is -2.67. The highest BCUT2D eigenvalue weighted by atomic mass is 127. The van der Waals surface area contributed by atoms with Crippen molar-refractivity contribution in [2.75, 3.05) is 6.61 Å². The Hall–Kier alpha value is -0.000000000000000222. The van der Waals surface area contributed by atoms with Crippen LogP contribution in [0, 0.1) is 0 Å². The van der Waals surface area contributed by atoms with Gasteiger partial charge >= 0.3 is 0 Å². The third kappa shape index (κ3) is 2.81. The maximum absolute atomic E-state index is 11.1. The highest BCUT2D eigenvalue weighted by Crippen LogP contribution is 2.33. The van der Waals surface area contributed by atoms with Crippen molar-refractivity contribution in [2.45, 2.75) is 35.0 Å². The summed E-state index contributed by atoms with van der Waals surface area (Å²) < 4.78 is 9.83. The van der Waals surface area contributed by atoms with E-state index in [1.807, 2.05) is 0 Å². The van der Waals surface area contributed by atoms with Gasteiger partial charge in [0.05, 0.1) is 6.61 Å². The van der Waals surface area contributed by atoms with Crippen molar-refractivity contribution < 1.29 is 31.3 Å². The Bertz CT molecular complexity index is 291. The predicted octanol–water partition coefficient (Wildman–Crippen LogP) is -2.31. The molecule has 0 bridgehead atoms. The molecule has 0 spiro atoms. The van der Waals surface area contributed by atoms with Gasteiger partial charge in [-0.05, 0) is 22.6 Å². The number of carbonyl (C=O) groups excluding carboxylic acids is 1. The summed E-state index contributed by atoms with van der Waals surface area (Å²) in [6.45, 7) is -1.15. The lowest BCUT2D eigenvalue weighted by atomic mass is 9.97. The van der Waals surface area contributed by atoms with Crippen LogP contribution in [0.15, 0.2) is 0 Å². The molecular formula is C8H14INO6. The average Bonchev–Trinajstić information content (AvgIpc) is 2.29. The second-order valence-corrected chi connectivity index (χ2v) is 5.02. The summed E-state index contributed by atoms with van der Waals surface area (Å²) >= 11 is 1.44. The first-order valence-electron chi connectivity index (χ1n) is 5.19. The zero-order chi connectivity index (χ0) is 13.2. The molecular weight excluding hydrogens is 333 g/mol. The van der Waals surface area contributed by atoms with Crippen molar-refractivity contribution in [1.82, 2.24) is 5.32 Å². The summed E-state index contributed by atoms with van der Waals surface area (Å²) in [5, 5.41) is 40.3. The lowest BCUT2D eigenvalue weighted by molar-refractivity contribution is -0.263. The number of alkyl halides is 1. The molecule has 1 amide bonds. The van der Waals surface area contributed by atoms with Gasteiger partial charge in [-0.3, -0.25) is 4.79 Å². The second kappa shape index (κ2) is 5.10. The summed E-state index contributed by atoms with van der Waals surface area (Å²) in [6, 6.07) is -1.28. The van der Waals surface area contributed by atoms with E-state index in [1.54, 1.807) is 0 Å². The molecule has 1 saturated heterocycles. The molecule has 0 aromatic rings. The van der Waals surface area contributed by atoms with Gasteiger partial charge in [0.25, 0.3) is 0 Å². The number of carbonyl (C=O) groups is 1. The number of ether oxygens (including phenoxy) is 1. The average molecular weight is 348 g/mol. The lowest BCUT2D eigenvalue weighted by Gasteiger charge is -2.44. The predicted molar refractivity (Wildman–Crippen MR) is 60.5 cm³/mol. The first-order valence-corrected chi connectivity index (χ1v) is 5.56. The quantitative estimate of drug-likeness (QED) is 0.283. The fraction of sp³-hybridized carbons (Fsp3) is 0.875. The Labute approximate surface area is 107 Å². The van der Waals surface area contributed by atoms with E-state index in [9.17, 15) is 20.1 Å². The topological polar surface area (TPSA) is 119 Å². The van der Waals surface area contributed by atoms with Crippen molar-refractivity contribution in [2.24, 2.45) is 0 Å². The van der Waals surface area contributed by atoms with E-state index in [0.717, 1.165) is 0 Å². The molecule has 7 nitrogen and oxygen atoms in total. The van der Waals surface area contributed by atoms with Crippen LogP contribution in [0.3, 0.4) is 0 Å². The zero-order valence-electron chi connectivity index (χ0n) is 9.21. The van der Waals surface area contributed by atoms with Gasteiger partial charge in [0.1, 0.15) is 24.4 Å². The Morgan fingerprint density at radius 2 is 2.25 bits per heavy atom. The molecule has 0 saturated carbocycles. The Morgan fingerprint density at radius 3 is 2.75 bits per heavy atom. The summed E-state index contributed by atoms with van der Waals surface area (Å²) in [7, 11) is 0. The summed E-state index contributed by atoms with van der Waals surface area (Å²) in [6.07, 6.45) is -4.08. The summed E-state index contributed by atoms with van der Waals surface area (Å²) in [5.74, 6) is -0.720. The molecule has 16 heavy (non-hydrogen) atoms. The molecule has 0 aromatic heterocycles. The SMILES string of the molecule is [2H]CC(=O)N[C@@H]1[C@@H](O)[C@H](O)[C@@H](CO)OC1(O)I. The van der Waals surface area contributed by atoms with Gasteiger partial charge in [-0.25, -0.2) is 0 Å². The van der Waals surface area contributed by atoms with Gasteiger partial charge in [-0.1, -0.05) is 0 Å². The van der Waals surface area contributed by atoms with Crippen molar-refractivity contribution in [3.63, 3.8) is 0 Å². The fourth-order valence-corrected chi connectivity index (χ4v) is 2.33. The minimum Gasteiger partial charge on any atom is -0.394 e. The molecule has 0 aliphatic carbocycles. The Kier molecular flexibility index (Phi) is 3.97. The monoisotopic (exact) mass is 348 g/mol. The largest absolute Gasteiger partial charge is 0.394 e. The normalized spacial score (nSPS) is 44.9. The van der Waals surface area contributed by atoms with Gasteiger partial charge in [0.2, 0.25) is 9.70 Å². The highest BCUT2D eigenvalue weighted by molar-refractivity contribution is 14.1. The number of hydrogen-bond acceptors (Lipinski definition) is 6. The summed E-state index contributed by atoms with van der Waals surface area (Å²) in [4.78, 5) is 11.1. The second-order valence-electron chi connectivity index (χ2n) is 3.47. The van der Waals surface area contributed by atoms with Crippen LogP contribution in [0.5, 0.6) is 0 Å². The smallest absolute Gasteiger partial charge is 0.243 e. The molecule has 0 radical (unpaired) electrons. The number of nitrogens with one attached hydrogen (secondary N) is 1. The standard InChI is InChI=1S/C8H14INO6/c1-3(12)10-7-6(14)5(13)4(2-11)16-8(7,9)15/h4-7,11,13-15H,2H2,1H3,(H,10,12)/t4-,5-,6+,7-,8?/m1/s1/i1D. The molecule has 1 fully saturated rings. The Morgan fingerprint density at radius 1 is 1.62 bits per heavy atom. The maximum atomic E-state index is 11.1. The minimum absolute atomic E-state index is 0.574. The molecule has 5 atom stereocenters. The molecule has 0 aromatic carbocycles. The van der Waals surface area contributed by atoms with E-state index in [0.29, 0.717) is 0 Å². The van der Waals surface area contributed by atoms with Crippen molar-refractivity contribution >= 4 is 28.5 Å². The van der Waals surface area contributed by atoms with Crippen LogP contribution in [-0.2, 0) is 9.53 Å². The van der Waals surface area contributed by atoms with Gasteiger partial charge in [-0.2, -0.15) is 0 Å². The van der Waals surface area contributed by atoms with Gasteiger partial charge in [0, 0.05) is 8.27 Å². The third-order valence-electron chi connectivity index (χ3n) is 2.27. The van der Waals surface area contributed by atoms with Crippen LogP contribution >= 0.6 is 22.6 Å². The van der Waals surface area contributed by atoms with E-state index in [4.69, 9.17) is 11.2 Å². The van der Waals surface area contributed by atoms with Gasteiger partial charge in [0.15, 0.2) is 0 Å². The fourth-order valence-electron chi connectivity index (χ4n) is 1.48. The third-order valence-corrected chi connectivity index (χ3v) is 3.19. The van der Waals surface area contributed by atoms with Gasteiger partial charge in [-0.15, -0.1) is 0 Å². The minimum atomic E-state index is -1.96. The highest BCUT2D eigenvalue weighted by Gasteiger charge is 2.52. The molecule has 1 aliphatic rings. The van der Waals surface area contributed by atoms with Crippen LogP contribution < -0.4 is 5.32 Å². The van der Waals surface area contributed by atoms with E-state index < -0.39 is 47.6 Å². The van der Waals surface area contributed by atoms with E-state index in [2.05, 4.69) is 5.32 Å². The number of aliphatic hydroxyl groups excluding tert-OH is 3. The van der Waals surface area contributed by atoms with E-state index >= 15 is 0 Å². The molecule has 1 rings (SSSR count). The van der Waals surface area contributed by atoms with Crippen LogP contribution in [-0.4, -0.2) is 61.1 Å². The van der Waals surface area contributed by atoms with Crippen LogP contribution in [0.1, 0.15) is 8.27 Å². The number of hydrogen-bond donors (Lipinski definition) is 5. The van der Waals surface area contributed by atoms with Crippen molar-refractivity contribution in [3.05, 3.63) is 0 Å². The molecule has 1 heterocycles. The molecule has 8 heteroatoms. The number of aliphatic hydroxyl groups is 4. The Balaban J connectivity index is 2.84. The molecule has 94 valence electrons. The zero-order valence-corrected chi connectivity index (χ0v) is 10.4. The molecule has 1 aliphatic heterocycles. The molecule has 5 N–H and O–H groups in total. The molecule has 1 unspecified atom stereocenters.